The number of amides is 2. The van der Waals surface area contributed by atoms with Crippen molar-refractivity contribution in [2.45, 2.75) is 48.9 Å². The van der Waals surface area contributed by atoms with Crippen molar-refractivity contribution in [2.24, 2.45) is 0 Å². The summed E-state index contributed by atoms with van der Waals surface area (Å²) in [5.41, 5.74) is 0. The molecule has 2 fully saturated rings. The Bertz CT molecular complexity index is 1080. The van der Waals surface area contributed by atoms with Gasteiger partial charge in [0.2, 0.25) is 11.8 Å². The van der Waals surface area contributed by atoms with Gasteiger partial charge in [-0.2, -0.15) is 4.72 Å². The molecule has 30 heavy (non-hydrogen) atoms. The molecule has 3 heterocycles. The van der Waals surface area contributed by atoms with Crippen LogP contribution in [0.1, 0.15) is 32.6 Å². The summed E-state index contributed by atoms with van der Waals surface area (Å²) in [5, 5.41) is 1.32. The Kier molecular flexibility index (Phi) is 6.07. The SMILES string of the molecule is CC(C(=O)N1CCCCC1)N1CCC(NS(=O)(=O)c2cc3ccc(Cl)cc3s2)C1=O. The van der Waals surface area contributed by atoms with Gasteiger partial charge in [-0.15, -0.1) is 11.3 Å². The van der Waals surface area contributed by atoms with Gasteiger partial charge < -0.3 is 9.80 Å². The van der Waals surface area contributed by atoms with Crippen molar-refractivity contribution in [3.05, 3.63) is 29.3 Å². The lowest BCUT2D eigenvalue weighted by Crippen LogP contribution is -2.51. The van der Waals surface area contributed by atoms with Crippen molar-refractivity contribution in [2.75, 3.05) is 19.6 Å². The highest BCUT2D eigenvalue weighted by molar-refractivity contribution is 7.91. The predicted molar refractivity (Wildman–Crippen MR) is 117 cm³/mol. The Labute approximate surface area is 185 Å². The zero-order chi connectivity index (χ0) is 21.5. The summed E-state index contributed by atoms with van der Waals surface area (Å²) in [6, 6.07) is 5.33. The van der Waals surface area contributed by atoms with Crippen LogP contribution >= 0.6 is 22.9 Å². The summed E-state index contributed by atoms with van der Waals surface area (Å²) in [5.74, 6) is -0.409. The number of sulfonamides is 1. The molecule has 2 amide bonds. The molecule has 2 aliphatic heterocycles. The Morgan fingerprint density at radius 1 is 1.20 bits per heavy atom. The van der Waals surface area contributed by atoms with Crippen molar-refractivity contribution in [3.8, 4) is 0 Å². The third-order valence-corrected chi connectivity index (χ3v) is 9.03. The molecule has 2 aromatic rings. The average Bonchev–Trinajstić information content (AvgIpc) is 3.31. The molecule has 10 heteroatoms. The number of hydrogen-bond acceptors (Lipinski definition) is 5. The average molecular weight is 470 g/mol. The first-order valence-electron chi connectivity index (χ1n) is 10.1. The third kappa shape index (κ3) is 4.21. The second-order valence-electron chi connectivity index (χ2n) is 7.80. The first-order valence-corrected chi connectivity index (χ1v) is 12.7. The number of nitrogens with zero attached hydrogens (tertiary/aromatic N) is 2. The lowest BCUT2D eigenvalue weighted by atomic mass is 10.1. The molecule has 0 bridgehead atoms. The summed E-state index contributed by atoms with van der Waals surface area (Å²) in [6.45, 7) is 3.52. The van der Waals surface area contributed by atoms with Gasteiger partial charge in [-0.05, 0) is 56.2 Å². The van der Waals surface area contributed by atoms with E-state index in [1.807, 2.05) is 0 Å². The molecule has 2 saturated heterocycles. The lowest BCUT2D eigenvalue weighted by Gasteiger charge is -2.32. The predicted octanol–water partition coefficient (Wildman–Crippen LogP) is 2.83. The van der Waals surface area contributed by atoms with Crippen molar-refractivity contribution in [1.29, 1.82) is 0 Å². The zero-order valence-corrected chi connectivity index (χ0v) is 19.0. The highest BCUT2D eigenvalue weighted by Gasteiger charge is 2.40. The fourth-order valence-electron chi connectivity index (χ4n) is 4.07. The van der Waals surface area contributed by atoms with Gasteiger partial charge in [-0.1, -0.05) is 17.7 Å². The van der Waals surface area contributed by atoms with Crippen LogP contribution in [0, 0.1) is 0 Å². The Morgan fingerprint density at radius 3 is 2.67 bits per heavy atom. The van der Waals surface area contributed by atoms with Gasteiger partial charge in [0.15, 0.2) is 0 Å². The van der Waals surface area contributed by atoms with E-state index in [1.165, 1.54) is 4.90 Å². The third-order valence-electron chi connectivity index (χ3n) is 5.75. The van der Waals surface area contributed by atoms with E-state index >= 15 is 0 Å². The minimum Gasteiger partial charge on any atom is -0.341 e. The number of piperidine rings is 1. The van der Waals surface area contributed by atoms with Crippen LogP contribution in [0.4, 0.5) is 0 Å². The fraction of sp³-hybridized carbons (Fsp3) is 0.500. The number of fused-ring (bicyclic) bond motifs is 1. The Morgan fingerprint density at radius 2 is 1.93 bits per heavy atom. The minimum absolute atomic E-state index is 0.0621. The first kappa shape index (κ1) is 21.5. The Balaban J connectivity index is 1.45. The van der Waals surface area contributed by atoms with Crippen molar-refractivity contribution < 1.29 is 18.0 Å². The fourth-order valence-corrected chi connectivity index (χ4v) is 6.98. The van der Waals surface area contributed by atoms with E-state index in [2.05, 4.69) is 4.72 Å². The summed E-state index contributed by atoms with van der Waals surface area (Å²) in [7, 11) is -3.86. The van der Waals surface area contributed by atoms with Crippen LogP contribution in [0.15, 0.2) is 28.5 Å². The number of thiophene rings is 1. The maximum atomic E-state index is 12.9. The van der Waals surface area contributed by atoms with E-state index in [0.29, 0.717) is 18.0 Å². The van der Waals surface area contributed by atoms with Crippen LogP contribution in [0.3, 0.4) is 0 Å². The smallest absolute Gasteiger partial charge is 0.250 e. The maximum absolute atomic E-state index is 12.9. The van der Waals surface area contributed by atoms with Crippen LogP contribution in [-0.2, 0) is 19.6 Å². The molecule has 1 aromatic carbocycles. The summed E-state index contributed by atoms with van der Waals surface area (Å²) >= 11 is 7.10. The first-order chi connectivity index (χ1) is 14.3. The molecule has 2 unspecified atom stereocenters. The lowest BCUT2D eigenvalue weighted by molar-refractivity contribution is -0.143. The normalized spacial score (nSPS) is 21.4. The van der Waals surface area contributed by atoms with E-state index in [4.69, 9.17) is 11.6 Å². The van der Waals surface area contributed by atoms with Gasteiger partial charge >= 0.3 is 0 Å². The van der Waals surface area contributed by atoms with E-state index in [9.17, 15) is 18.0 Å². The minimum atomic E-state index is -3.86. The van der Waals surface area contributed by atoms with Gasteiger partial charge in [-0.3, -0.25) is 9.59 Å². The number of carbonyl (C=O) groups is 2. The molecule has 0 spiro atoms. The number of benzene rings is 1. The second-order valence-corrected chi connectivity index (χ2v) is 11.3. The summed E-state index contributed by atoms with van der Waals surface area (Å²) in [6.07, 6.45) is 3.42. The number of halogens is 1. The number of rotatable bonds is 5. The van der Waals surface area contributed by atoms with Gasteiger partial charge in [0.05, 0.1) is 0 Å². The van der Waals surface area contributed by atoms with Crippen molar-refractivity contribution >= 4 is 54.9 Å². The molecular formula is C20H24ClN3O4S2. The van der Waals surface area contributed by atoms with E-state index < -0.39 is 22.1 Å². The maximum Gasteiger partial charge on any atom is 0.250 e. The van der Waals surface area contributed by atoms with Crippen LogP contribution in [-0.4, -0.2) is 61.7 Å². The largest absolute Gasteiger partial charge is 0.341 e. The molecule has 162 valence electrons. The van der Waals surface area contributed by atoms with Gasteiger partial charge in [-0.25, -0.2) is 8.42 Å². The standard InChI is InChI=1S/C20H24ClN3O4S2/c1-13(19(25)23-8-3-2-4-9-23)24-10-7-16(20(24)26)22-30(27,28)18-11-14-5-6-15(21)12-17(14)29-18/h5-6,11-13,16,22H,2-4,7-10H2,1H3. The van der Waals surface area contributed by atoms with E-state index in [1.54, 1.807) is 36.1 Å². The van der Waals surface area contributed by atoms with Gasteiger partial charge in [0, 0.05) is 29.4 Å². The van der Waals surface area contributed by atoms with Gasteiger partial charge in [0.1, 0.15) is 16.3 Å². The van der Waals surface area contributed by atoms with Crippen molar-refractivity contribution in [3.63, 3.8) is 0 Å². The quantitative estimate of drug-likeness (QED) is 0.729. The van der Waals surface area contributed by atoms with Crippen LogP contribution in [0.25, 0.3) is 10.1 Å². The van der Waals surface area contributed by atoms with Crippen LogP contribution in [0.2, 0.25) is 5.02 Å². The van der Waals surface area contributed by atoms with E-state index in [-0.39, 0.29) is 16.0 Å². The molecule has 2 atom stereocenters. The number of carbonyl (C=O) groups excluding carboxylic acids is 2. The molecule has 0 aliphatic carbocycles. The monoisotopic (exact) mass is 469 g/mol. The molecule has 1 N–H and O–H groups in total. The van der Waals surface area contributed by atoms with Crippen LogP contribution < -0.4 is 4.72 Å². The number of likely N-dealkylation sites (tertiary alicyclic amines) is 2. The molecular weight excluding hydrogens is 446 g/mol. The Hall–Kier alpha value is -1.68. The second kappa shape index (κ2) is 8.45. The molecule has 4 rings (SSSR count). The summed E-state index contributed by atoms with van der Waals surface area (Å²) in [4.78, 5) is 28.9. The van der Waals surface area contributed by atoms with Crippen molar-refractivity contribution in [1.82, 2.24) is 14.5 Å². The number of hydrogen-bond donors (Lipinski definition) is 1. The van der Waals surface area contributed by atoms with Gasteiger partial charge in [0.25, 0.3) is 10.0 Å². The molecule has 2 aliphatic rings. The molecule has 0 radical (unpaired) electrons. The number of nitrogens with one attached hydrogen (secondary N) is 1. The highest BCUT2D eigenvalue weighted by atomic mass is 35.5. The topological polar surface area (TPSA) is 86.8 Å². The molecule has 0 saturated carbocycles. The van der Waals surface area contributed by atoms with Crippen LogP contribution in [0.5, 0.6) is 0 Å². The van der Waals surface area contributed by atoms with E-state index in [0.717, 1.165) is 53.8 Å². The highest BCUT2D eigenvalue weighted by Crippen LogP contribution is 2.31. The summed E-state index contributed by atoms with van der Waals surface area (Å²) < 4.78 is 29.2. The molecule has 1 aromatic heterocycles. The zero-order valence-electron chi connectivity index (χ0n) is 16.6. The molecule has 7 nitrogen and oxygen atoms in total.